The second-order valence-corrected chi connectivity index (χ2v) is 5.17. The number of likely N-dealkylation sites (tertiary alicyclic amines) is 1. The second kappa shape index (κ2) is 5.43. The molecule has 0 radical (unpaired) electrons. The number of carbonyl (C=O) groups is 2. The van der Waals surface area contributed by atoms with Gasteiger partial charge in [-0.3, -0.25) is 9.59 Å². The molecule has 1 amide bonds. The molecule has 1 heterocycles. The zero-order chi connectivity index (χ0) is 14.0. The van der Waals surface area contributed by atoms with Gasteiger partial charge in [-0.05, 0) is 37.8 Å². The van der Waals surface area contributed by atoms with E-state index < -0.39 is 5.97 Å². The molecule has 0 spiro atoms. The standard InChI is InChI=1S/C15H19NO3/c1-10-4-3-5-11(2)13(10)14(17)16-8-6-12(7-9-16)15(18)19/h3-5,12H,6-9H2,1-2H3,(H,18,19). The average molecular weight is 261 g/mol. The molecule has 1 fully saturated rings. The van der Waals surface area contributed by atoms with Gasteiger partial charge in [-0.15, -0.1) is 0 Å². The SMILES string of the molecule is Cc1cccc(C)c1C(=O)N1CCC(C(=O)O)CC1. The van der Waals surface area contributed by atoms with Crippen molar-refractivity contribution in [3.63, 3.8) is 0 Å². The molecule has 0 bridgehead atoms. The van der Waals surface area contributed by atoms with E-state index >= 15 is 0 Å². The molecule has 102 valence electrons. The van der Waals surface area contributed by atoms with Gasteiger partial charge in [-0.25, -0.2) is 0 Å². The van der Waals surface area contributed by atoms with Crippen molar-refractivity contribution in [2.24, 2.45) is 5.92 Å². The third kappa shape index (κ3) is 2.78. The maximum absolute atomic E-state index is 12.5. The van der Waals surface area contributed by atoms with Gasteiger partial charge in [0.05, 0.1) is 5.92 Å². The van der Waals surface area contributed by atoms with Crippen LogP contribution in [0, 0.1) is 19.8 Å². The van der Waals surface area contributed by atoms with Crippen LogP contribution in [0.4, 0.5) is 0 Å². The van der Waals surface area contributed by atoms with E-state index in [4.69, 9.17) is 5.11 Å². The van der Waals surface area contributed by atoms with Gasteiger partial charge in [0.1, 0.15) is 0 Å². The van der Waals surface area contributed by atoms with Gasteiger partial charge in [0.15, 0.2) is 0 Å². The van der Waals surface area contributed by atoms with Crippen LogP contribution in [-0.2, 0) is 4.79 Å². The first-order chi connectivity index (χ1) is 9.00. The predicted molar refractivity (Wildman–Crippen MR) is 72.2 cm³/mol. The zero-order valence-corrected chi connectivity index (χ0v) is 11.3. The molecule has 4 nitrogen and oxygen atoms in total. The van der Waals surface area contributed by atoms with Crippen LogP contribution in [0.2, 0.25) is 0 Å². The molecule has 0 saturated carbocycles. The minimum Gasteiger partial charge on any atom is -0.481 e. The average Bonchev–Trinajstić information content (AvgIpc) is 2.38. The normalized spacial score (nSPS) is 16.4. The molecule has 0 unspecified atom stereocenters. The van der Waals surface area contributed by atoms with Crippen LogP contribution in [0.1, 0.15) is 34.3 Å². The highest BCUT2D eigenvalue weighted by Gasteiger charge is 2.28. The number of nitrogens with zero attached hydrogens (tertiary/aromatic N) is 1. The quantitative estimate of drug-likeness (QED) is 0.888. The van der Waals surface area contributed by atoms with Crippen LogP contribution >= 0.6 is 0 Å². The van der Waals surface area contributed by atoms with Crippen LogP contribution in [0.15, 0.2) is 18.2 Å². The number of benzene rings is 1. The highest BCUT2D eigenvalue weighted by atomic mass is 16.4. The molecule has 1 aromatic carbocycles. The molecule has 1 aliphatic rings. The lowest BCUT2D eigenvalue weighted by Crippen LogP contribution is -2.40. The Morgan fingerprint density at radius 3 is 2.16 bits per heavy atom. The Kier molecular flexibility index (Phi) is 3.88. The molecule has 2 rings (SSSR count). The van der Waals surface area contributed by atoms with Crippen molar-refractivity contribution in [1.82, 2.24) is 4.90 Å². The minimum atomic E-state index is -0.751. The smallest absolute Gasteiger partial charge is 0.306 e. The van der Waals surface area contributed by atoms with Crippen molar-refractivity contribution in [3.05, 3.63) is 34.9 Å². The van der Waals surface area contributed by atoms with Crippen LogP contribution in [0.3, 0.4) is 0 Å². The molecule has 0 atom stereocenters. The fourth-order valence-electron chi connectivity index (χ4n) is 2.64. The Morgan fingerprint density at radius 2 is 1.68 bits per heavy atom. The van der Waals surface area contributed by atoms with Crippen LogP contribution in [-0.4, -0.2) is 35.0 Å². The number of piperidine rings is 1. The van der Waals surface area contributed by atoms with Crippen molar-refractivity contribution >= 4 is 11.9 Å². The van der Waals surface area contributed by atoms with E-state index in [2.05, 4.69) is 0 Å². The summed E-state index contributed by atoms with van der Waals surface area (Å²) in [5.41, 5.74) is 2.71. The van der Waals surface area contributed by atoms with Gasteiger partial charge in [0.25, 0.3) is 5.91 Å². The van der Waals surface area contributed by atoms with Gasteiger partial charge in [-0.1, -0.05) is 18.2 Å². The van der Waals surface area contributed by atoms with E-state index in [0.29, 0.717) is 25.9 Å². The first kappa shape index (κ1) is 13.6. The maximum Gasteiger partial charge on any atom is 0.306 e. The van der Waals surface area contributed by atoms with E-state index in [-0.39, 0.29) is 11.8 Å². The van der Waals surface area contributed by atoms with Crippen molar-refractivity contribution in [3.8, 4) is 0 Å². The summed E-state index contributed by atoms with van der Waals surface area (Å²) in [5, 5.41) is 8.96. The Hall–Kier alpha value is -1.84. The largest absolute Gasteiger partial charge is 0.481 e. The van der Waals surface area contributed by atoms with E-state index in [9.17, 15) is 9.59 Å². The van der Waals surface area contributed by atoms with Crippen LogP contribution < -0.4 is 0 Å². The fourth-order valence-corrected chi connectivity index (χ4v) is 2.64. The number of aliphatic carboxylic acids is 1. The number of carbonyl (C=O) groups excluding carboxylic acids is 1. The summed E-state index contributed by atoms with van der Waals surface area (Å²) in [4.78, 5) is 25.2. The number of carboxylic acid groups (broad SMARTS) is 1. The lowest BCUT2D eigenvalue weighted by molar-refractivity contribution is -0.143. The summed E-state index contributed by atoms with van der Waals surface area (Å²) in [6.45, 7) is 4.93. The third-order valence-electron chi connectivity index (χ3n) is 3.83. The van der Waals surface area contributed by atoms with Gasteiger partial charge in [0.2, 0.25) is 0 Å². The lowest BCUT2D eigenvalue weighted by atomic mass is 9.95. The highest BCUT2D eigenvalue weighted by Crippen LogP contribution is 2.22. The predicted octanol–water partition coefficient (Wildman–Crippen LogP) is 2.24. The van der Waals surface area contributed by atoms with Crippen molar-refractivity contribution < 1.29 is 14.7 Å². The van der Waals surface area contributed by atoms with Crippen molar-refractivity contribution in [1.29, 1.82) is 0 Å². The summed E-state index contributed by atoms with van der Waals surface area (Å²) in [6, 6.07) is 5.81. The monoisotopic (exact) mass is 261 g/mol. The highest BCUT2D eigenvalue weighted by molar-refractivity contribution is 5.97. The lowest BCUT2D eigenvalue weighted by Gasteiger charge is -2.31. The zero-order valence-electron chi connectivity index (χ0n) is 11.3. The number of hydrogen-bond acceptors (Lipinski definition) is 2. The number of rotatable bonds is 2. The third-order valence-corrected chi connectivity index (χ3v) is 3.83. The number of hydrogen-bond donors (Lipinski definition) is 1. The van der Waals surface area contributed by atoms with Crippen LogP contribution in [0.5, 0.6) is 0 Å². The molecular formula is C15H19NO3. The molecule has 0 aliphatic carbocycles. The molecule has 1 N–H and O–H groups in total. The van der Waals surface area contributed by atoms with E-state index in [1.807, 2.05) is 32.0 Å². The van der Waals surface area contributed by atoms with Gasteiger partial charge in [0, 0.05) is 18.7 Å². The Labute approximate surface area is 113 Å². The first-order valence-corrected chi connectivity index (χ1v) is 6.59. The number of aryl methyl sites for hydroxylation is 2. The van der Waals surface area contributed by atoms with E-state index in [0.717, 1.165) is 16.7 Å². The minimum absolute atomic E-state index is 0.0273. The molecule has 19 heavy (non-hydrogen) atoms. The van der Waals surface area contributed by atoms with Crippen molar-refractivity contribution in [2.45, 2.75) is 26.7 Å². The Balaban J connectivity index is 2.12. The van der Waals surface area contributed by atoms with Gasteiger partial charge < -0.3 is 10.0 Å². The number of carboxylic acids is 1. The van der Waals surface area contributed by atoms with E-state index in [1.165, 1.54) is 0 Å². The van der Waals surface area contributed by atoms with Crippen LogP contribution in [0.25, 0.3) is 0 Å². The first-order valence-electron chi connectivity index (χ1n) is 6.59. The summed E-state index contributed by atoms with van der Waals surface area (Å²) in [6.07, 6.45) is 1.10. The summed E-state index contributed by atoms with van der Waals surface area (Å²) < 4.78 is 0. The molecule has 1 aromatic rings. The van der Waals surface area contributed by atoms with Gasteiger partial charge in [-0.2, -0.15) is 0 Å². The molecule has 0 aromatic heterocycles. The number of amides is 1. The second-order valence-electron chi connectivity index (χ2n) is 5.17. The maximum atomic E-state index is 12.5. The topological polar surface area (TPSA) is 57.6 Å². The molecule has 4 heteroatoms. The Morgan fingerprint density at radius 1 is 1.16 bits per heavy atom. The summed E-state index contributed by atoms with van der Waals surface area (Å²) in [7, 11) is 0. The van der Waals surface area contributed by atoms with Crippen molar-refractivity contribution in [2.75, 3.05) is 13.1 Å². The fraction of sp³-hybridized carbons (Fsp3) is 0.467. The Bertz CT molecular complexity index is 482. The molecular weight excluding hydrogens is 242 g/mol. The molecule has 1 aliphatic heterocycles. The molecule has 1 saturated heterocycles. The summed E-state index contributed by atoms with van der Waals surface area (Å²) >= 11 is 0. The van der Waals surface area contributed by atoms with Gasteiger partial charge >= 0.3 is 5.97 Å². The summed E-state index contributed by atoms with van der Waals surface area (Å²) in [5.74, 6) is -1.03. The van der Waals surface area contributed by atoms with E-state index in [1.54, 1.807) is 4.90 Å².